The Bertz CT molecular complexity index is 776. The maximum absolute atomic E-state index is 12.3. The van der Waals surface area contributed by atoms with Gasteiger partial charge in [-0.3, -0.25) is 9.59 Å². The fraction of sp³-hybridized carbons (Fsp3) is 0.333. The van der Waals surface area contributed by atoms with Crippen LogP contribution in [0.5, 0.6) is 0 Å². The smallest absolute Gasteiger partial charge is 0.162 e. The highest BCUT2D eigenvalue weighted by atomic mass is 35.5. The lowest BCUT2D eigenvalue weighted by molar-refractivity contribution is 0.0973. The monoisotopic (exact) mass is 440 g/mol. The topological polar surface area (TPSA) is 86.2 Å². The van der Waals surface area contributed by atoms with E-state index in [1.807, 2.05) is 36.4 Å². The zero-order valence-electron chi connectivity index (χ0n) is 15.6. The Balaban J connectivity index is 0.00000196. The van der Waals surface area contributed by atoms with Crippen molar-refractivity contribution in [1.29, 1.82) is 0 Å². The van der Waals surface area contributed by atoms with Gasteiger partial charge >= 0.3 is 0 Å². The molecule has 0 unspecified atom stereocenters. The number of Topliss-reactive ketones (excluding diaryl/α,β-unsaturated/α-hetero) is 2. The van der Waals surface area contributed by atoms with Crippen LogP contribution in [0.1, 0.15) is 57.5 Å². The summed E-state index contributed by atoms with van der Waals surface area (Å²) in [4.78, 5) is 26.9. The van der Waals surface area contributed by atoms with E-state index >= 15 is 0 Å². The Morgan fingerprint density at radius 1 is 0.786 bits per heavy atom. The Morgan fingerprint density at radius 3 is 1.61 bits per heavy atom. The Kier molecular flexibility index (Phi) is 10.2. The predicted octanol–water partition coefficient (Wildman–Crippen LogP) is 4.43. The standard InChI is InChI=1S/C21H24N2O2S.2ClH/c22-9-1-3-18(24)14-5-7-20-16(11-14)13-17-12-15(6-8-21(17)26-20)19(25)4-2-10-23;;/h5-8,11-12H,1-4,9-10,13,22-23H2;2*1H. The molecule has 0 aromatic heterocycles. The van der Waals surface area contributed by atoms with E-state index < -0.39 is 0 Å². The zero-order chi connectivity index (χ0) is 18.5. The Hall–Kier alpha value is -1.37. The van der Waals surface area contributed by atoms with Gasteiger partial charge in [-0.2, -0.15) is 0 Å². The van der Waals surface area contributed by atoms with Gasteiger partial charge in [0.25, 0.3) is 0 Å². The highest BCUT2D eigenvalue weighted by Crippen LogP contribution is 2.40. The number of halogens is 2. The molecule has 1 heterocycles. The van der Waals surface area contributed by atoms with E-state index in [1.165, 1.54) is 9.79 Å². The summed E-state index contributed by atoms with van der Waals surface area (Å²) >= 11 is 1.70. The van der Waals surface area contributed by atoms with Crippen molar-refractivity contribution in [2.45, 2.75) is 41.9 Å². The summed E-state index contributed by atoms with van der Waals surface area (Å²) in [5.41, 5.74) is 14.8. The quantitative estimate of drug-likeness (QED) is 0.505. The molecule has 2 aromatic carbocycles. The van der Waals surface area contributed by atoms with Crippen molar-refractivity contribution in [2.75, 3.05) is 13.1 Å². The molecule has 0 atom stereocenters. The number of rotatable bonds is 8. The second-order valence-corrected chi connectivity index (χ2v) is 7.64. The lowest BCUT2D eigenvalue weighted by Crippen LogP contribution is -2.08. The zero-order valence-corrected chi connectivity index (χ0v) is 18.1. The average molecular weight is 441 g/mol. The van der Waals surface area contributed by atoms with Crippen molar-refractivity contribution in [1.82, 2.24) is 0 Å². The second-order valence-electron chi connectivity index (χ2n) is 6.55. The molecule has 3 rings (SSSR count). The summed E-state index contributed by atoms with van der Waals surface area (Å²) in [6, 6.07) is 11.8. The molecule has 7 heteroatoms. The van der Waals surface area contributed by atoms with Gasteiger partial charge in [-0.15, -0.1) is 24.8 Å². The maximum Gasteiger partial charge on any atom is 0.162 e. The van der Waals surface area contributed by atoms with Gasteiger partial charge < -0.3 is 11.5 Å². The fourth-order valence-electron chi connectivity index (χ4n) is 3.12. The number of benzene rings is 2. The van der Waals surface area contributed by atoms with Crippen LogP contribution in [0.4, 0.5) is 0 Å². The van der Waals surface area contributed by atoms with Crippen LogP contribution in [0.3, 0.4) is 0 Å². The summed E-state index contributed by atoms with van der Waals surface area (Å²) < 4.78 is 0. The normalized spacial score (nSPS) is 11.5. The van der Waals surface area contributed by atoms with Crippen molar-refractivity contribution >= 4 is 48.1 Å². The largest absolute Gasteiger partial charge is 0.330 e. The van der Waals surface area contributed by atoms with Crippen LogP contribution in [0, 0.1) is 0 Å². The van der Waals surface area contributed by atoms with Crippen LogP contribution in [0.25, 0.3) is 0 Å². The molecule has 4 nitrogen and oxygen atoms in total. The van der Waals surface area contributed by atoms with Gasteiger partial charge in [0.1, 0.15) is 0 Å². The summed E-state index contributed by atoms with van der Waals surface area (Å²) in [5.74, 6) is 0.277. The summed E-state index contributed by atoms with van der Waals surface area (Å²) in [6.07, 6.45) is 3.13. The molecular weight excluding hydrogens is 415 g/mol. The summed E-state index contributed by atoms with van der Waals surface area (Å²) in [5, 5.41) is 0. The fourth-order valence-corrected chi connectivity index (χ4v) is 4.15. The van der Waals surface area contributed by atoms with Crippen LogP contribution in [0.15, 0.2) is 46.2 Å². The average Bonchev–Trinajstić information content (AvgIpc) is 2.67. The molecule has 28 heavy (non-hydrogen) atoms. The molecule has 1 aliphatic heterocycles. The molecule has 152 valence electrons. The number of carbonyl (C=O) groups is 2. The first kappa shape index (κ1) is 24.7. The first-order valence-corrected chi connectivity index (χ1v) is 9.84. The van der Waals surface area contributed by atoms with Gasteiger partial charge in [0.2, 0.25) is 0 Å². The highest BCUT2D eigenvalue weighted by molar-refractivity contribution is 7.99. The van der Waals surface area contributed by atoms with Crippen molar-refractivity contribution in [3.63, 3.8) is 0 Å². The molecule has 0 radical (unpaired) electrons. The van der Waals surface area contributed by atoms with Crippen molar-refractivity contribution in [3.05, 3.63) is 58.7 Å². The molecule has 2 aromatic rings. The van der Waals surface area contributed by atoms with E-state index in [0.717, 1.165) is 28.7 Å². The number of hydrogen-bond donors (Lipinski definition) is 2. The first-order chi connectivity index (χ1) is 12.6. The van der Waals surface area contributed by atoms with Crippen molar-refractivity contribution in [2.24, 2.45) is 11.5 Å². The third-order valence-corrected chi connectivity index (χ3v) is 5.82. The van der Waals surface area contributed by atoms with Crippen LogP contribution >= 0.6 is 36.6 Å². The van der Waals surface area contributed by atoms with E-state index in [9.17, 15) is 9.59 Å². The lowest BCUT2D eigenvalue weighted by Gasteiger charge is -2.20. The third-order valence-electron chi connectivity index (χ3n) is 4.58. The number of fused-ring (bicyclic) bond motifs is 2. The SMILES string of the molecule is Cl.Cl.NCCCC(=O)c1ccc2c(c1)Cc1cc(C(=O)CCCN)ccc1S2. The third kappa shape index (κ3) is 5.82. The molecule has 0 aliphatic carbocycles. The molecule has 0 bridgehead atoms. The molecule has 0 amide bonds. The van der Waals surface area contributed by atoms with Gasteiger partial charge in [0, 0.05) is 33.8 Å². The van der Waals surface area contributed by atoms with Crippen LogP contribution in [-0.4, -0.2) is 24.7 Å². The minimum atomic E-state index is 0. The van der Waals surface area contributed by atoms with Crippen LogP contribution in [0.2, 0.25) is 0 Å². The van der Waals surface area contributed by atoms with Crippen LogP contribution in [-0.2, 0) is 6.42 Å². The maximum atomic E-state index is 12.3. The predicted molar refractivity (Wildman–Crippen MR) is 120 cm³/mol. The van der Waals surface area contributed by atoms with E-state index in [-0.39, 0.29) is 36.4 Å². The number of nitrogens with two attached hydrogens (primary N) is 2. The number of hydrogen-bond acceptors (Lipinski definition) is 5. The highest BCUT2D eigenvalue weighted by Gasteiger charge is 2.19. The molecule has 0 spiro atoms. The van der Waals surface area contributed by atoms with Crippen LogP contribution < -0.4 is 11.5 Å². The minimum absolute atomic E-state index is 0. The van der Waals surface area contributed by atoms with Crippen molar-refractivity contribution in [3.8, 4) is 0 Å². The molecule has 0 fully saturated rings. The van der Waals surface area contributed by atoms with E-state index in [2.05, 4.69) is 0 Å². The summed E-state index contributed by atoms with van der Waals surface area (Å²) in [6.45, 7) is 1.06. The summed E-state index contributed by atoms with van der Waals surface area (Å²) in [7, 11) is 0. The lowest BCUT2D eigenvalue weighted by atomic mass is 9.96. The molecule has 0 saturated heterocycles. The molecule has 1 aliphatic rings. The minimum Gasteiger partial charge on any atom is -0.330 e. The molecule has 4 N–H and O–H groups in total. The van der Waals surface area contributed by atoms with E-state index in [4.69, 9.17) is 11.5 Å². The Labute approximate surface area is 182 Å². The van der Waals surface area contributed by atoms with Gasteiger partial charge in [-0.25, -0.2) is 0 Å². The van der Waals surface area contributed by atoms with E-state index in [1.54, 1.807) is 11.8 Å². The Morgan fingerprint density at radius 2 is 1.21 bits per heavy atom. The van der Waals surface area contributed by atoms with Gasteiger partial charge in [0.15, 0.2) is 11.6 Å². The second kappa shape index (κ2) is 11.6. The molecular formula is C21H26Cl2N2O2S. The van der Waals surface area contributed by atoms with Crippen molar-refractivity contribution < 1.29 is 9.59 Å². The number of carbonyl (C=O) groups excluding carboxylic acids is 2. The first-order valence-electron chi connectivity index (χ1n) is 9.02. The molecule has 0 saturated carbocycles. The van der Waals surface area contributed by atoms with E-state index in [0.29, 0.717) is 38.8 Å². The van der Waals surface area contributed by atoms with Gasteiger partial charge in [0.05, 0.1) is 0 Å². The van der Waals surface area contributed by atoms with Gasteiger partial charge in [-0.1, -0.05) is 23.9 Å². The van der Waals surface area contributed by atoms with Gasteiger partial charge in [-0.05, 0) is 67.7 Å². The number of ketones is 2.